The number of benzene rings is 2. The molecule has 1 N–H and O–H groups in total. The van der Waals surface area contributed by atoms with Gasteiger partial charge in [-0.2, -0.15) is 0 Å². The normalized spacial score (nSPS) is 13.4. The van der Waals surface area contributed by atoms with Crippen molar-refractivity contribution in [2.45, 2.75) is 9.79 Å². The minimum atomic E-state index is -0.299. The molecule has 0 bridgehead atoms. The molecule has 1 aliphatic heterocycles. The zero-order chi connectivity index (χ0) is 15.9. The first-order valence-electron chi connectivity index (χ1n) is 6.31. The van der Waals surface area contributed by atoms with Crippen LogP contribution in [0.15, 0.2) is 55.1 Å². The second-order valence-corrected chi connectivity index (χ2v) is 7.85. The van der Waals surface area contributed by atoms with Crippen LogP contribution in [-0.4, -0.2) is 16.8 Å². The summed E-state index contributed by atoms with van der Waals surface area (Å²) in [7, 11) is 0. The van der Waals surface area contributed by atoms with E-state index < -0.39 is 0 Å². The lowest BCUT2D eigenvalue weighted by Gasteiger charge is -2.10. The van der Waals surface area contributed by atoms with Crippen LogP contribution in [0, 0.1) is 0 Å². The standard InChI is InChI=1S/C16H9Br2ClO2S/c17-8-1-3-13-10(5-8)15(12(20)7-19)16(21)11-6-9(18)2-4-14(11)22-13/h1-6,21H,7H2. The molecule has 0 aliphatic carbocycles. The van der Waals surface area contributed by atoms with Gasteiger partial charge >= 0.3 is 0 Å². The Kier molecular flexibility index (Phi) is 4.69. The quantitative estimate of drug-likeness (QED) is 0.566. The van der Waals surface area contributed by atoms with Crippen LogP contribution >= 0.6 is 55.2 Å². The van der Waals surface area contributed by atoms with Gasteiger partial charge in [-0.25, -0.2) is 0 Å². The second-order valence-electron chi connectivity index (χ2n) is 4.66. The van der Waals surface area contributed by atoms with Crippen molar-refractivity contribution in [2.24, 2.45) is 0 Å². The summed E-state index contributed by atoms with van der Waals surface area (Å²) >= 11 is 14.1. The number of rotatable bonds is 2. The summed E-state index contributed by atoms with van der Waals surface area (Å²) in [6, 6.07) is 11.3. The zero-order valence-electron chi connectivity index (χ0n) is 11.1. The summed E-state index contributed by atoms with van der Waals surface area (Å²) in [6.45, 7) is 0. The first kappa shape index (κ1) is 16.1. The number of ketones is 1. The van der Waals surface area contributed by atoms with E-state index in [0.717, 1.165) is 18.7 Å². The van der Waals surface area contributed by atoms with Crippen LogP contribution in [-0.2, 0) is 4.79 Å². The summed E-state index contributed by atoms with van der Waals surface area (Å²) in [5, 5.41) is 10.7. The zero-order valence-corrected chi connectivity index (χ0v) is 15.8. The molecule has 3 rings (SSSR count). The van der Waals surface area contributed by atoms with Crippen molar-refractivity contribution in [2.75, 3.05) is 5.88 Å². The van der Waals surface area contributed by atoms with Gasteiger partial charge in [0, 0.05) is 29.9 Å². The topological polar surface area (TPSA) is 37.3 Å². The number of carbonyl (C=O) groups is 1. The number of aliphatic hydroxyl groups excluding tert-OH is 1. The molecule has 2 nitrogen and oxygen atoms in total. The lowest BCUT2D eigenvalue weighted by atomic mass is 9.98. The number of carbonyl (C=O) groups excluding carboxylic acids is 1. The molecule has 112 valence electrons. The van der Waals surface area contributed by atoms with Gasteiger partial charge in [-0.3, -0.25) is 4.79 Å². The van der Waals surface area contributed by atoms with E-state index in [1.165, 1.54) is 11.8 Å². The number of hydrogen-bond donors (Lipinski definition) is 1. The summed E-state index contributed by atoms with van der Waals surface area (Å²) in [4.78, 5) is 14.1. The van der Waals surface area contributed by atoms with E-state index in [1.54, 1.807) is 6.07 Å². The monoisotopic (exact) mass is 458 g/mol. The maximum absolute atomic E-state index is 12.3. The van der Waals surface area contributed by atoms with Crippen LogP contribution in [0.1, 0.15) is 11.1 Å². The van der Waals surface area contributed by atoms with E-state index in [-0.39, 0.29) is 23.0 Å². The first-order chi connectivity index (χ1) is 10.5. The van der Waals surface area contributed by atoms with Crippen LogP contribution in [0.5, 0.6) is 0 Å². The highest BCUT2D eigenvalue weighted by Crippen LogP contribution is 2.45. The summed E-state index contributed by atoms with van der Waals surface area (Å²) in [5.74, 6) is -0.516. The predicted octanol–water partition coefficient (Wildman–Crippen LogP) is 5.91. The molecule has 1 aliphatic rings. The Morgan fingerprint density at radius 2 is 1.59 bits per heavy atom. The third kappa shape index (κ3) is 2.87. The molecule has 0 saturated carbocycles. The highest BCUT2D eigenvalue weighted by molar-refractivity contribution is 9.10. The summed E-state index contributed by atoms with van der Waals surface area (Å²) < 4.78 is 1.68. The van der Waals surface area contributed by atoms with Crippen molar-refractivity contribution in [1.82, 2.24) is 0 Å². The SMILES string of the molecule is O=C(CCl)C1=C(O)c2cc(Br)ccc2Sc2ccc(Br)cc21. The largest absolute Gasteiger partial charge is 0.506 e. The van der Waals surface area contributed by atoms with E-state index >= 15 is 0 Å². The van der Waals surface area contributed by atoms with Crippen molar-refractivity contribution < 1.29 is 9.90 Å². The molecule has 6 heteroatoms. The number of hydrogen-bond acceptors (Lipinski definition) is 3. The Morgan fingerprint density at radius 3 is 2.18 bits per heavy atom. The molecule has 0 radical (unpaired) electrons. The van der Waals surface area contributed by atoms with Gasteiger partial charge in [0.05, 0.1) is 11.5 Å². The van der Waals surface area contributed by atoms with Crippen molar-refractivity contribution in [1.29, 1.82) is 0 Å². The van der Waals surface area contributed by atoms with Gasteiger partial charge in [-0.15, -0.1) is 11.6 Å². The number of alkyl halides is 1. The van der Waals surface area contributed by atoms with Crippen LogP contribution in [0.3, 0.4) is 0 Å². The molecule has 0 fully saturated rings. The Balaban J connectivity index is 2.37. The fourth-order valence-corrected chi connectivity index (χ4v) is 4.19. The maximum atomic E-state index is 12.3. The van der Waals surface area contributed by atoms with E-state index in [1.807, 2.05) is 30.3 Å². The summed E-state index contributed by atoms with van der Waals surface area (Å²) in [6.07, 6.45) is 0. The number of fused-ring (bicyclic) bond motifs is 2. The lowest BCUT2D eigenvalue weighted by Crippen LogP contribution is -2.06. The second kappa shape index (κ2) is 6.40. The first-order valence-corrected chi connectivity index (χ1v) is 9.25. The van der Waals surface area contributed by atoms with E-state index in [9.17, 15) is 9.90 Å². The number of aliphatic hydroxyl groups is 1. The smallest absolute Gasteiger partial charge is 0.181 e. The van der Waals surface area contributed by atoms with Gasteiger partial charge in [-0.05, 0) is 36.4 Å². The third-order valence-electron chi connectivity index (χ3n) is 3.26. The molecular formula is C16H9Br2ClO2S. The van der Waals surface area contributed by atoms with Crippen LogP contribution in [0.25, 0.3) is 11.3 Å². The Hall–Kier alpha value is -0.750. The number of halogens is 3. The van der Waals surface area contributed by atoms with Gasteiger partial charge < -0.3 is 5.11 Å². The Labute approximate surface area is 153 Å². The fourth-order valence-electron chi connectivity index (χ4n) is 2.29. The Bertz CT molecular complexity index is 818. The van der Waals surface area contributed by atoms with Crippen molar-refractivity contribution in [3.05, 3.63) is 56.5 Å². The molecule has 0 amide bonds. The van der Waals surface area contributed by atoms with E-state index in [2.05, 4.69) is 31.9 Å². The maximum Gasteiger partial charge on any atom is 0.181 e. The van der Waals surface area contributed by atoms with E-state index in [4.69, 9.17) is 11.6 Å². The molecule has 1 heterocycles. The third-order valence-corrected chi connectivity index (χ3v) is 5.65. The molecule has 0 atom stereocenters. The average Bonchev–Trinajstić information content (AvgIpc) is 2.61. The lowest BCUT2D eigenvalue weighted by molar-refractivity contribution is -0.111. The molecule has 22 heavy (non-hydrogen) atoms. The molecule has 0 aromatic heterocycles. The highest BCUT2D eigenvalue weighted by atomic mass is 79.9. The van der Waals surface area contributed by atoms with Crippen molar-refractivity contribution >= 4 is 72.3 Å². The van der Waals surface area contributed by atoms with E-state index in [0.29, 0.717) is 11.1 Å². The fraction of sp³-hybridized carbons (Fsp3) is 0.0625. The van der Waals surface area contributed by atoms with Crippen molar-refractivity contribution in [3.63, 3.8) is 0 Å². The van der Waals surface area contributed by atoms with Gasteiger partial charge in [0.2, 0.25) is 0 Å². The number of allylic oxidation sites excluding steroid dienone is 1. The van der Waals surface area contributed by atoms with Crippen LogP contribution in [0.2, 0.25) is 0 Å². The highest BCUT2D eigenvalue weighted by Gasteiger charge is 2.26. The predicted molar refractivity (Wildman–Crippen MR) is 97.6 cm³/mol. The molecule has 2 aromatic carbocycles. The van der Waals surface area contributed by atoms with Gasteiger partial charge in [0.25, 0.3) is 0 Å². The summed E-state index contributed by atoms with van der Waals surface area (Å²) in [5.41, 5.74) is 1.57. The minimum absolute atomic E-state index is 0.0358. The minimum Gasteiger partial charge on any atom is -0.506 e. The molecule has 2 aromatic rings. The van der Waals surface area contributed by atoms with Crippen LogP contribution in [0.4, 0.5) is 0 Å². The Morgan fingerprint density at radius 1 is 1.05 bits per heavy atom. The molecule has 0 unspecified atom stereocenters. The van der Waals surface area contributed by atoms with Crippen molar-refractivity contribution in [3.8, 4) is 0 Å². The molecule has 0 spiro atoms. The molecule has 0 saturated heterocycles. The van der Waals surface area contributed by atoms with Gasteiger partial charge in [-0.1, -0.05) is 43.6 Å². The average molecular weight is 461 g/mol. The number of Topliss-reactive ketones (excluding diaryl/α,β-unsaturated/α-hetero) is 1. The van der Waals surface area contributed by atoms with Crippen LogP contribution < -0.4 is 0 Å². The molecular weight excluding hydrogens is 452 g/mol. The van der Waals surface area contributed by atoms with Gasteiger partial charge in [0.1, 0.15) is 5.76 Å². The van der Waals surface area contributed by atoms with Gasteiger partial charge in [0.15, 0.2) is 5.78 Å².